The molecule has 2 bridgehead atoms. The van der Waals surface area contributed by atoms with Crippen LogP contribution in [0.4, 0.5) is 0 Å². The van der Waals surface area contributed by atoms with Gasteiger partial charge in [-0.15, -0.1) is 11.8 Å². The molecule has 96 valence electrons. The number of ketones is 1. The molecular weight excluding hydrogens is 266 g/mol. The third-order valence-electron chi connectivity index (χ3n) is 3.92. The van der Waals surface area contributed by atoms with Gasteiger partial charge < -0.3 is 0 Å². The molecule has 1 aromatic rings. The third-order valence-corrected chi connectivity index (χ3v) is 5.26. The number of hydrogen-bond acceptors (Lipinski definition) is 3. The molecule has 3 fully saturated rings. The minimum absolute atomic E-state index is 0.137. The smallest absolute Gasteiger partial charge is 0.153 e. The van der Waals surface area contributed by atoms with Gasteiger partial charge in [-0.25, -0.2) is 0 Å². The van der Waals surface area contributed by atoms with E-state index in [2.05, 4.69) is 4.90 Å². The Morgan fingerprint density at radius 2 is 1.89 bits per heavy atom. The summed E-state index contributed by atoms with van der Waals surface area (Å²) in [6.45, 7) is 2.20. The van der Waals surface area contributed by atoms with E-state index in [4.69, 9.17) is 11.6 Å². The van der Waals surface area contributed by atoms with Crippen LogP contribution in [0.3, 0.4) is 0 Å². The van der Waals surface area contributed by atoms with Crippen molar-refractivity contribution in [2.75, 3.05) is 18.8 Å². The highest BCUT2D eigenvalue weighted by atomic mass is 35.5. The van der Waals surface area contributed by atoms with Crippen LogP contribution in [-0.4, -0.2) is 35.6 Å². The average Bonchev–Trinajstić information content (AvgIpc) is 2.41. The summed E-state index contributed by atoms with van der Waals surface area (Å²) in [5.74, 6) is 1.68. The van der Waals surface area contributed by atoms with Crippen LogP contribution in [0.5, 0.6) is 0 Å². The molecule has 1 aromatic carbocycles. The molecule has 1 unspecified atom stereocenters. The van der Waals surface area contributed by atoms with Gasteiger partial charge in [-0.1, -0.05) is 11.6 Å². The fourth-order valence-corrected chi connectivity index (χ4v) is 4.02. The van der Waals surface area contributed by atoms with E-state index < -0.39 is 0 Å². The van der Waals surface area contributed by atoms with Crippen molar-refractivity contribution in [3.8, 4) is 0 Å². The largest absolute Gasteiger partial charge is 0.298 e. The van der Waals surface area contributed by atoms with E-state index in [1.165, 1.54) is 4.90 Å². The number of carbonyl (C=O) groups excluding carboxylic acids is 1. The SMILES string of the molecule is O=C1C2CCN(CC2)C1CSc1ccc(Cl)cc1. The zero-order valence-electron chi connectivity index (χ0n) is 10.1. The third kappa shape index (κ3) is 2.44. The van der Waals surface area contributed by atoms with Crippen molar-refractivity contribution >= 4 is 29.1 Å². The number of rotatable bonds is 3. The zero-order valence-corrected chi connectivity index (χ0v) is 11.7. The van der Waals surface area contributed by atoms with Gasteiger partial charge in [-0.3, -0.25) is 9.69 Å². The number of fused-ring (bicyclic) bond motifs is 3. The first-order valence-corrected chi connectivity index (χ1v) is 7.76. The molecule has 3 aliphatic rings. The van der Waals surface area contributed by atoms with E-state index >= 15 is 0 Å². The van der Waals surface area contributed by atoms with E-state index in [-0.39, 0.29) is 6.04 Å². The normalized spacial score (nSPS) is 30.7. The molecule has 0 aromatic heterocycles. The predicted molar refractivity (Wildman–Crippen MR) is 75.3 cm³/mol. The second-order valence-electron chi connectivity index (χ2n) is 4.99. The lowest BCUT2D eigenvalue weighted by Gasteiger charge is -2.43. The highest BCUT2D eigenvalue weighted by molar-refractivity contribution is 7.99. The van der Waals surface area contributed by atoms with Crippen LogP contribution in [0.1, 0.15) is 12.8 Å². The number of benzene rings is 1. The summed E-state index contributed by atoms with van der Waals surface area (Å²) in [4.78, 5) is 15.7. The number of Topliss-reactive ketones (excluding diaryl/α,β-unsaturated/α-hetero) is 1. The quantitative estimate of drug-likeness (QED) is 0.794. The monoisotopic (exact) mass is 281 g/mol. The van der Waals surface area contributed by atoms with E-state index in [0.29, 0.717) is 11.7 Å². The topological polar surface area (TPSA) is 20.3 Å². The zero-order chi connectivity index (χ0) is 12.5. The van der Waals surface area contributed by atoms with Crippen LogP contribution < -0.4 is 0 Å². The molecule has 3 aliphatic heterocycles. The number of carbonyl (C=O) groups is 1. The number of piperidine rings is 3. The molecular formula is C14H16ClNOS. The lowest BCUT2D eigenvalue weighted by molar-refractivity contribution is -0.135. The molecule has 3 heterocycles. The van der Waals surface area contributed by atoms with Crippen molar-refractivity contribution in [3.05, 3.63) is 29.3 Å². The van der Waals surface area contributed by atoms with E-state index in [1.54, 1.807) is 11.8 Å². The van der Waals surface area contributed by atoms with Gasteiger partial charge in [0.25, 0.3) is 0 Å². The molecule has 2 nitrogen and oxygen atoms in total. The van der Waals surface area contributed by atoms with Crippen LogP contribution in [0, 0.1) is 5.92 Å². The summed E-state index contributed by atoms with van der Waals surface area (Å²) < 4.78 is 0. The van der Waals surface area contributed by atoms with Gasteiger partial charge >= 0.3 is 0 Å². The minimum Gasteiger partial charge on any atom is -0.298 e. The van der Waals surface area contributed by atoms with Gasteiger partial charge in [0.05, 0.1) is 6.04 Å². The molecule has 0 aliphatic carbocycles. The Morgan fingerprint density at radius 3 is 2.50 bits per heavy atom. The van der Waals surface area contributed by atoms with E-state index in [1.807, 2.05) is 24.3 Å². The molecule has 3 saturated heterocycles. The second kappa shape index (κ2) is 5.24. The second-order valence-corrected chi connectivity index (χ2v) is 6.52. The lowest BCUT2D eigenvalue weighted by Crippen LogP contribution is -2.56. The van der Waals surface area contributed by atoms with Crippen molar-refractivity contribution in [2.45, 2.75) is 23.8 Å². The van der Waals surface area contributed by atoms with Crippen molar-refractivity contribution in [1.82, 2.24) is 4.90 Å². The molecule has 0 radical (unpaired) electrons. The highest BCUT2D eigenvalue weighted by Gasteiger charge is 2.40. The van der Waals surface area contributed by atoms with Crippen LogP contribution in [0.15, 0.2) is 29.2 Å². The van der Waals surface area contributed by atoms with Crippen molar-refractivity contribution in [1.29, 1.82) is 0 Å². The standard InChI is InChI=1S/C14H16ClNOS/c15-11-1-3-12(4-2-11)18-9-13-14(17)10-5-7-16(13)8-6-10/h1-4,10,13H,5-9H2. The summed E-state index contributed by atoms with van der Waals surface area (Å²) in [5, 5.41) is 0.760. The predicted octanol–water partition coefficient (Wildman–Crippen LogP) is 3.10. The Bertz CT molecular complexity index is 440. The Balaban J connectivity index is 1.63. The van der Waals surface area contributed by atoms with Crippen molar-refractivity contribution < 1.29 is 4.79 Å². The Hall–Kier alpha value is -0.510. The van der Waals surface area contributed by atoms with Gasteiger partial charge in [-0.05, 0) is 50.2 Å². The maximum Gasteiger partial charge on any atom is 0.153 e. The van der Waals surface area contributed by atoms with Crippen LogP contribution in [0.25, 0.3) is 0 Å². The molecule has 0 spiro atoms. The van der Waals surface area contributed by atoms with E-state index in [9.17, 15) is 4.79 Å². The first kappa shape index (κ1) is 12.5. The summed E-state index contributed by atoms with van der Waals surface area (Å²) >= 11 is 7.62. The highest BCUT2D eigenvalue weighted by Crippen LogP contribution is 2.32. The van der Waals surface area contributed by atoms with Crippen LogP contribution >= 0.6 is 23.4 Å². The van der Waals surface area contributed by atoms with Crippen molar-refractivity contribution in [3.63, 3.8) is 0 Å². The number of thioether (sulfide) groups is 1. The maximum absolute atomic E-state index is 12.2. The number of nitrogens with zero attached hydrogens (tertiary/aromatic N) is 1. The van der Waals surface area contributed by atoms with Gasteiger partial charge in [0, 0.05) is 21.6 Å². The Kier molecular flexibility index (Phi) is 3.64. The molecule has 0 N–H and O–H groups in total. The average molecular weight is 282 g/mol. The number of hydrogen-bond donors (Lipinski definition) is 0. The number of halogens is 1. The minimum atomic E-state index is 0.137. The fraction of sp³-hybridized carbons (Fsp3) is 0.500. The van der Waals surface area contributed by atoms with Crippen LogP contribution in [-0.2, 0) is 4.79 Å². The van der Waals surface area contributed by atoms with Gasteiger partial charge in [-0.2, -0.15) is 0 Å². The molecule has 1 atom stereocenters. The summed E-state index contributed by atoms with van der Waals surface area (Å²) in [6.07, 6.45) is 2.14. The molecule has 0 amide bonds. The molecule has 4 rings (SSSR count). The summed E-state index contributed by atoms with van der Waals surface area (Å²) in [6, 6.07) is 7.98. The first-order valence-electron chi connectivity index (χ1n) is 6.40. The summed E-state index contributed by atoms with van der Waals surface area (Å²) in [7, 11) is 0. The Morgan fingerprint density at radius 1 is 1.22 bits per heavy atom. The first-order chi connectivity index (χ1) is 8.74. The summed E-state index contributed by atoms with van der Waals surface area (Å²) in [5.41, 5.74) is 0. The van der Waals surface area contributed by atoms with Crippen molar-refractivity contribution in [2.24, 2.45) is 5.92 Å². The van der Waals surface area contributed by atoms with Gasteiger partial charge in [0.15, 0.2) is 5.78 Å². The van der Waals surface area contributed by atoms with Gasteiger partial charge in [0.2, 0.25) is 0 Å². The van der Waals surface area contributed by atoms with Gasteiger partial charge in [0.1, 0.15) is 0 Å². The van der Waals surface area contributed by atoms with Crippen LogP contribution in [0.2, 0.25) is 5.02 Å². The lowest BCUT2D eigenvalue weighted by atomic mass is 9.83. The van der Waals surface area contributed by atoms with E-state index in [0.717, 1.165) is 36.7 Å². The fourth-order valence-electron chi connectivity index (χ4n) is 2.84. The molecule has 18 heavy (non-hydrogen) atoms. The Labute approximate surface area is 117 Å². The maximum atomic E-state index is 12.2. The molecule has 4 heteroatoms. The molecule has 0 saturated carbocycles.